The molecule has 0 aliphatic heterocycles. The summed E-state index contributed by atoms with van der Waals surface area (Å²) in [5.41, 5.74) is 2.45. The lowest BCUT2D eigenvalue weighted by molar-refractivity contribution is 0.0698. The largest absolute Gasteiger partial charge is 0.478 e. The number of carboxylic acids is 1. The number of halogens is 1. The third kappa shape index (κ3) is 3.73. The van der Waals surface area contributed by atoms with Crippen LogP contribution < -0.4 is 5.32 Å². The predicted octanol–water partition coefficient (Wildman–Crippen LogP) is 4.78. The molecule has 0 saturated carbocycles. The Kier molecular flexibility index (Phi) is 4.83. The summed E-state index contributed by atoms with van der Waals surface area (Å²) in [6.45, 7) is 0.472. The quantitative estimate of drug-likeness (QED) is 0.517. The van der Waals surface area contributed by atoms with E-state index in [1.165, 1.54) is 18.2 Å². The summed E-state index contributed by atoms with van der Waals surface area (Å²) in [6, 6.07) is 19.9. The van der Waals surface area contributed by atoms with Gasteiger partial charge in [-0.05, 0) is 35.9 Å². The Labute approximate surface area is 166 Å². The Balaban J connectivity index is 1.70. The summed E-state index contributed by atoms with van der Waals surface area (Å²) in [7, 11) is 0. The maximum atomic E-state index is 13.2. The van der Waals surface area contributed by atoms with Crippen molar-refractivity contribution in [1.29, 1.82) is 0 Å². The molecule has 144 valence electrons. The zero-order valence-electron chi connectivity index (χ0n) is 15.3. The van der Waals surface area contributed by atoms with E-state index in [0.29, 0.717) is 12.1 Å². The van der Waals surface area contributed by atoms with Gasteiger partial charge < -0.3 is 15.0 Å². The number of carbonyl (C=O) groups excluding carboxylic acids is 1. The lowest BCUT2D eigenvalue weighted by Gasteiger charge is -2.07. The molecule has 0 fully saturated rings. The van der Waals surface area contributed by atoms with Crippen molar-refractivity contribution in [3.8, 4) is 0 Å². The number of aromatic carboxylic acids is 1. The van der Waals surface area contributed by atoms with Gasteiger partial charge in [0.25, 0.3) is 5.91 Å². The zero-order valence-corrected chi connectivity index (χ0v) is 15.3. The Hall–Kier alpha value is -3.93. The Bertz CT molecular complexity index is 1210. The molecule has 0 radical (unpaired) electrons. The third-order valence-corrected chi connectivity index (χ3v) is 4.71. The number of hydrogen-bond acceptors (Lipinski definition) is 2. The minimum absolute atomic E-state index is 0.0240. The number of para-hydroxylation sites is 2. The van der Waals surface area contributed by atoms with Gasteiger partial charge in [0, 0.05) is 23.6 Å². The number of nitrogens with zero attached hydrogens (tertiary/aromatic N) is 1. The first-order chi connectivity index (χ1) is 14.0. The van der Waals surface area contributed by atoms with E-state index >= 15 is 0 Å². The normalized spacial score (nSPS) is 10.8. The van der Waals surface area contributed by atoms with Gasteiger partial charge in [-0.3, -0.25) is 4.79 Å². The molecule has 1 amide bonds. The van der Waals surface area contributed by atoms with E-state index < -0.39 is 11.9 Å². The number of fused-ring (bicyclic) bond motifs is 1. The van der Waals surface area contributed by atoms with E-state index in [2.05, 4.69) is 5.32 Å². The van der Waals surface area contributed by atoms with Gasteiger partial charge in [-0.1, -0.05) is 42.5 Å². The molecule has 2 N–H and O–H groups in total. The molecule has 0 aliphatic carbocycles. The first-order valence-corrected chi connectivity index (χ1v) is 8.99. The molecular formula is C23H17FN2O3. The van der Waals surface area contributed by atoms with Gasteiger partial charge >= 0.3 is 5.97 Å². The number of hydrogen-bond donors (Lipinski definition) is 2. The lowest BCUT2D eigenvalue weighted by Crippen LogP contribution is -2.14. The standard InChI is InChI=1S/C23H17FN2O3/c24-16-11-9-15(10-12-16)13-26-14-19(17-5-2-4-8-21(17)26)22(27)25-20-7-3-1-6-18(20)23(28)29/h1-12,14H,13H2,(H,25,27)(H,28,29). The number of carboxylic acid groups (broad SMARTS) is 1. The van der Waals surface area contributed by atoms with Gasteiger partial charge in [0.2, 0.25) is 0 Å². The second-order valence-electron chi connectivity index (χ2n) is 6.62. The number of anilines is 1. The summed E-state index contributed by atoms with van der Waals surface area (Å²) in [5, 5.41) is 12.8. The monoisotopic (exact) mass is 388 g/mol. The number of benzene rings is 3. The third-order valence-electron chi connectivity index (χ3n) is 4.71. The molecule has 1 heterocycles. The molecule has 0 unspecified atom stereocenters. The average Bonchev–Trinajstić information content (AvgIpc) is 3.09. The number of carbonyl (C=O) groups is 2. The second kappa shape index (κ2) is 7.59. The molecule has 1 aromatic heterocycles. The fourth-order valence-electron chi connectivity index (χ4n) is 3.31. The average molecular weight is 388 g/mol. The van der Waals surface area contributed by atoms with E-state index in [4.69, 9.17) is 0 Å². The van der Waals surface area contributed by atoms with Crippen LogP contribution in [0.25, 0.3) is 10.9 Å². The van der Waals surface area contributed by atoms with Gasteiger partial charge in [0.15, 0.2) is 0 Å². The van der Waals surface area contributed by atoms with Crippen molar-refractivity contribution >= 4 is 28.5 Å². The van der Waals surface area contributed by atoms with E-state index in [0.717, 1.165) is 16.5 Å². The zero-order chi connectivity index (χ0) is 20.4. The SMILES string of the molecule is O=C(O)c1ccccc1NC(=O)c1cn(Cc2ccc(F)cc2)c2ccccc12. The van der Waals surface area contributed by atoms with Crippen LogP contribution in [-0.4, -0.2) is 21.6 Å². The number of amides is 1. The van der Waals surface area contributed by atoms with Gasteiger partial charge in [0.05, 0.1) is 16.8 Å². The van der Waals surface area contributed by atoms with E-state index in [-0.39, 0.29) is 17.1 Å². The number of nitrogens with one attached hydrogen (secondary N) is 1. The van der Waals surface area contributed by atoms with E-state index in [1.54, 1.807) is 36.5 Å². The highest BCUT2D eigenvalue weighted by Gasteiger charge is 2.18. The van der Waals surface area contributed by atoms with Crippen molar-refractivity contribution < 1.29 is 19.1 Å². The lowest BCUT2D eigenvalue weighted by atomic mass is 10.1. The Morgan fingerprint density at radius 1 is 0.897 bits per heavy atom. The summed E-state index contributed by atoms with van der Waals surface area (Å²) < 4.78 is 15.1. The van der Waals surface area contributed by atoms with Gasteiger partial charge in [-0.15, -0.1) is 0 Å². The van der Waals surface area contributed by atoms with Crippen LogP contribution in [-0.2, 0) is 6.54 Å². The minimum atomic E-state index is -1.11. The van der Waals surface area contributed by atoms with Crippen LogP contribution in [0.1, 0.15) is 26.3 Å². The van der Waals surface area contributed by atoms with Gasteiger partial charge in [-0.25, -0.2) is 9.18 Å². The van der Waals surface area contributed by atoms with Gasteiger partial charge in [0.1, 0.15) is 5.82 Å². The molecular weight excluding hydrogens is 371 g/mol. The van der Waals surface area contributed by atoms with E-state index in [9.17, 15) is 19.1 Å². The molecule has 29 heavy (non-hydrogen) atoms. The topological polar surface area (TPSA) is 71.3 Å². The summed E-state index contributed by atoms with van der Waals surface area (Å²) in [6.07, 6.45) is 1.73. The second-order valence-corrected chi connectivity index (χ2v) is 6.62. The highest BCUT2D eigenvalue weighted by Crippen LogP contribution is 2.24. The summed E-state index contributed by atoms with van der Waals surface area (Å²) in [5.74, 6) is -1.81. The molecule has 4 rings (SSSR count). The fraction of sp³-hybridized carbons (Fsp3) is 0.0435. The maximum Gasteiger partial charge on any atom is 0.337 e. The Morgan fingerprint density at radius 3 is 2.34 bits per heavy atom. The van der Waals surface area contributed by atoms with Crippen LogP contribution in [0.4, 0.5) is 10.1 Å². The van der Waals surface area contributed by atoms with Crippen LogP contribution in [0.5, 0.6) is 0 Å². The summed E-state index contributed by atoms with van der Waals surface area (Å²) in [4.78, 5) is 24.3. The van der Waals surface area contributed by atoms with Gasteiger partial charge in [-0.2, -0.15) is 0 Å². The van der Waals surface area contributed by atoms with Crippen molar-refractivity contribution in [2.45, 2.75) is 6.54 Å². The number of aromatic nitrogens is 1. The van der Waals surface area contributed by atoms with Crippen LogP contribution in [0.15, 0.2) is 79.0 Å². The fourth-order valence-corrected chi connectivity index (χ4v) is 3.31. The van der Waals surface area contributed by atoms with Crippen LogP contribution in [0.3, 0.4) is 0 Å². The Morgan fingerprint density at radius 2 is 1.59 bits per heavy atom. The van der Waals surface area contributed by atoms with E-state index in [1.807, 2.05) is 28.8 Å². The van der Waals surface area contributed by atoms with Crippen molar-refractivity contribution in [3.05, 3.63) is 102 Å². The molecule has 3 aromatic carbocycles. The minimum Gasteiger partial charge on any atom is -0.478 e. The van der Waals surface area contributed by atoms with Crippen molar-refractivity contribution in [2.75, 3.05) is 5.32 Å². The molecule has 0 spiro atoms. The maximum absolute atomic E-state index is 13.2. The van der Waals surface area contributed by atoms with Crippen LogP contribution in [0, 0.1) is 5.82 Å². The molecule has 5 nitrogen and oxygen atoms in total. The van der Waals surface area contributed by atoms with Crippen molar-refractivity contribution in [1.82, 2.24) is 4.57 Å². The first-order valence-electron chi connectivity index (χ1n) is 8.99. The molecule has 0 saturated heterocycles. The molecule has 0 atom stereocenters. The molecule has 4 aromatic rings. The van der Waals surface area contributed by atoms with Crippen molar-refractivity contribution in [3.63, 3.8) is 0 Å². The highest BCUT2D eigenvalue weighted by atomic mass is 19.1. The van der Waals surface area contributed by atoms with Crippen LogP contribution in [0.2, 0.25) is 0 Å². The molecule has 0 aliphatic rings. The smallest absolute Gasteiger partial charge is 0.337 e. The molecule has 0 bridgehead atoms. The van der Waals surface area contributed by atoms with Crippen LogP contribution >= 0.6 is 0 Å². The van der Waals surface area contributed by atoms with Crippen molar-refractivity contribution in [2.24, 2.45) is 0 Å². The molecule has 6 heteroatoms. The summed E-state index contributed by atoms with van der Waals surface area (Å²) >= 11 is 0. The predicted molar refractivity (Wildman–Crippen MR) is 109 cm³/mol. The first kappa shape index (κ1) is 18.4. The highest BCUT2D eigenvalue weighted by molar-refractivity contribution is 6.14. The number of rotatable bonds is 5.